The van der Waals surface area contributed by atoms with Gasteiger partial charge in [-0.1, -0.05) is 36.4 Å². The van der Waals surface area contributed by atoms with Crippen molar-refractivity contribution >= 4 is 24.3 Å². The maximum Gasteiger partial charge on any atom is 0.488 e. The second-order valence-electron chi connectivity index (χ2n) is 4.20. The van der Waals surface area contributed by atoms with Crippen molar-refractivity contribution in [2.45, 2.75) is 11.5 Å². The summed E-state index contributed by atoms with van der Waals surface area (Å²) in [6, 6.07) is 14.1. The van der Waals surface area contributed by atoms with Gasteiger partial charge in [0.1, 0.15) is 5.82 Å². The molecule has 19 heavy (non-hydrogen) atoms. The topological polar surface area (TPSA) is 40.5 Å². The molecule has 0 aliphatic rings. The fourth-order valence-corrected chi connectivity index (χ4v) is 2.80. The van der Waals surface area contributed by atoms with E-state index in [1.165, 1.54) is 17.7 Å². The Morgan fingerprint density at radius 3 is 2.42 bits per heavy atom. The van der Waals surface area contributed by atoms with Gasteiger partial charge in [0.15, 0.2) is 0 Å². The number of benzene rings is 2. The maximum atomic E-state index is 13.1. The third-order valence-electron chi connectivity index (χ3n) is 2.76. The molecule has 0 aromatic heterocycles. The van der Waals surface area contributed by atoms with Crippen LogP contribution in [-0.4, -0.2) is 17.2 Å². The molecule has 2 aromatic carbocycles. The molecule has 2 rings (SSSR count). The van der Waals surface area contributed by atoms with E-state index in [4.69, 9.17) is 0 Å². The fraction of sp³-hybridized carbons (Fsp3) is 0.143. The van der Waals surface area contributed by atoms with Gasteiger partial charge in [-0.15, -0.1) is 0 Å². The number of halogens is 1. The van der Waals surface area contributed by atoms with E-state index in [0.717, 1.165) is 11.3 Å². The first-order chi connectivity index (χ1) is 9.16. The van der Waals surface area contributed by atoms with E-state index in [2.05, 4.69) is 0 Å². The van der Waals surface area contributed by atoms with E-state index in [1.807, 2.05) is 30.3 Å². The van der Waals surface area contributed by atoms with Crippen molar-refractivity contribution in [3.8, 4) is 0 Å². The summed E-state index contributed by atoms with van der Waals surface area (Å²) in [5.41, 5.74) is 2.19. The van der Waals surface area contributed by atoms with Crippen LogP contribution in [0.1, 0.15) is 11.1 Å². The molecule has 2 N–H and O–H groups in total. The predicted octanol–water partition coefficient (Wildman–Crippen LogP) is 1.94. The Kier molecular flexibility index (Phi) is 5.02. The zero-order valence-corrected chi connectivity index (χ0v) is 11.1. The Bertz CT molecular complexity index is 534. The highest BCUT2D eigenvalue weighted by Crippen LogP contribution is 2.17. The van der Waals surface area contributed by atoms with Gasteiger partial charge in [-0.05, 0) is 28.7 Å². The van der Waals surface area contributed by atoms with Gasteiger partial charge in [0.05, 0.1) is 0 Å². The summed E-state index contributed by atoms with van der Waals surface area (Å²) in [5, 5.41) is 18.4. The molecule has 0 atom stereocenters. The van der Waals surface area contributed by atoms with Crippen LogP contribution in [0.4, 0.5) is 4.39 Å². The lowest BCUT2D eigenvalue weighted by Crippen LogP contribution is -2.33. The van der Waals surface area contributed by atoms with Crippen molar-refractivity contribution in [1.29, 1.82) is 0 Å². The van der Waals surface area contributed by atoms with Crippen molar-refractivity contribution in [2.75, 3.05) is 0 Å². The van der Waals surface area contributed by atoms with Crippen LogP contribution in [0.25, 0.3) is 0 Å². The Labute approximate surface area is 116 Å². The summed E-state index contributed by atoms with van der Waals surface area (Å²) < 4.78 is 13.1. The smallest absolute Gasteiger partial charge is 0.423 e. The second-order valence-corrected chi connectivity index (χ2v) is 5.18. The SMILES string of the molecule is OB(O)c1cc(F)ccc1CSCc1ccccc1. The molecule has 0 unspecified atom stereocenters. The third kappa shape index (κ3) is 4.09. The molecule has 5 heteroatoms. The summed E-state index contributed by atoms with van der Waals surface area (Å²) >= 11 is 1.65. The van der Waals surface area contributed by atoms with Crippen LogP contribution in [-0.2, 0) is 11.5 Å². The lowest BCUT2D eigenvalue weighted by Gasteiger charge is -2.09. The summed E-state index contributed by atoms with van der Waals surface area (Å²) in [6.45, 7) is 0. The van der Waals surface area contributed by atoms with Gasteiger partial charge < -0.3 is 10.0 Å². The van der Waals surface area contributed by atoms with Crippen molar-refractivity contribution < 1.29 is 14.4 Å². The molecular weight excluding hydrogens is 262 g/mol. The van der Waals surface area contributed by atoms with Crippen LogP contribution in [0.3, 0.4) is 0 Å². The van der Waals surface area contributed by atoms with Gasteiger partial charge >= 0.3 is 7.12 Å². The highest BCUT2D eigenvalue weighted by molar-refractivity contribution is 7.97. The quantitative estimate of drug-likeness (QED) is 0.820. The number of hydrogen-bond acceptors (Lipinski definition) is 3. The van der Waals surface area contributed by atoms with Crippen molar-refractivity contribution in [3.05, 3.63) is 65.5 Å². The van der Waals surface area contributed by atoms with Crippen molar-refractivity contribution in [1.82, 2.24) is 0 Å². The van der Waals surface area contributed by atoms with Crippen LogP contribution in [0, 0.1) is 5.82 Å². The van der Waals surface area contributed by atoms with Crippen molar-refractivity contribution in [3.63, 3.8) is 0 Å². The maximum absolute atomic E-state index is 13.1. The van der Waals surface area contributed by atoms with Crippen LogP contribution in [0.2, 0.25) is 0 Å². The molecule has 2 nitrogen and oxygen atoms in total. The van der Waals surface area contributed by atoms with Gasteiger partial charge in [0.2, 0.25) is 0 Å². The summed E-state index contributed by atoms with van der Waals surface area (Å²) in [5.74, 6) is 0.987. The van der Waals surface area contributed by atoms with E-state index in [-0.39, 0.29) is 5.46 Å². The van der Waals surface area contributed by atoms with Crippen LogP contribution in [0.15, 0.2) is 48.5 Å². The van der Waals surface area contributed by atoms with Gasteiger partial charge in [-0.25, -0.2) is 4.39 Å². The lowest BCUT2D eigenvalue weighted by atomic mass is 9.77. The summed E-state index contributed by atoms with van der Waals surface area (Å²) in [7, 11) is -1.64. The fourth-order valence-electron chi connectivity index (χ4n) is 1.79. The molecule has 2 aromatic rings. The summed E-state index contributed by atoms with van der Waals surface area (Å²) in [6.07, 6.45) is 0. The second kappa shape index (κ2) is 6.75. The first kappa shape index (κ1) is 14.1. The first-order valence-electron chi connectivity index (χ1n) is 5.93. The number of rotatable bonds is 5. The highest BCUT2D eigenvalue weighted by atomic mass is 32.2. The van der Waals surface area contributed by atoms with E-state index < -0.39 is 12.9 Å². The van der Waals surface area contributed by atoms with Gasteiger partial charge in [0, 0.05) is 11.5 Å². The number of thioether (sulfide) groups is 1. The monoisotopic (exact) mass is 276 g/mol. The molecule has 0 saturated carbocycles. The Hall–Kier alpha value is -1.30. The first-order valence-corrected chi connectivity index (χ1v) is 7.08. The van der Waals surface area contributed by atoms with Gasteiger partial charge in [-0.2, -0.15) is 11.8 Å². The largest absolute Gasteiger partial charge is 0.488 e. The molecule has 0 aliphatic carbocycles. The molecule has 0 heterocycles. The minimum Gasteiger partial charge on any atom is -0.423 e. The Morgan fingerprint density at radius 1 is 1.00 bits per heavy atom. The van der Waals surface area contributed by atoms with Crippen LogP contribution in [0.5, 0.6) is 0 Å². The molecule has 0 amide bonds. The molecular formula is C14H14BFO2S. The minimum atomic E-state index is -1.64. The van der Waals surface area contributed by atoms with E-state index in [1.54, 1.807) is 17.8 Å². The Morgan fingerprint density at radius 2 is 1.74 bits per heavy atom. The average Bonchev–Trinajstić information content (AvgIpc) is 2.41. The van der Waals surface area contributed by atoms with E-state index in [9.17, 15) is 14.4 Å². The van der Waals surface area contributed by atoms with Crippen LogP contribution < -0.4 is 5.46 Å². The normalized spacial score (nSPS) is 10.5. The van der Waals surface area contributed by atoms with E-state index >= 15 is 0 Å². The molecule has 0 radical (unpaired) electrons. The lowest BCUT2D eigenvalue weighted by molar-refractivity contribution is 0.425. The third-order valence-corrected chi connectivity index (χ3v) is 3.81. The molecule has 0 fully saturated rings. The van der Waals surface area contributed by atoms with Crippen LogP contribution >= 0.6 is 11.8 Å². The Balaban J connectivity index is 2.00. The van der Waals surface area contributed by atoms with Crippen molar-refractivity contribution in [2.24, 2.45) is 0 Å². The highest BCUT2D eigenvalue weighted by Gasteiger charge is 2.16. The average molecular weight is 276 g/mol. The number of hydrogen-bond donors (Lipinski definition) is 2. The molecule has 0 saturated heterocycles. The molecule has 0 bridgehead atoms. The minimum absolute atomic E-state index is 0.237. The molecule has 98 valence electrons. The predicted molar refractivity (Wildman–Crippen MR) is 77.7 cm³/mol. The van der Waals surface area contributed by atoms with E-state index in [0.29, 0.717) is 5.75 Å². The van der Waals surface area contributed by atoms with Gasteiger partial charge in [0.25, 0.3) is 0 Å². The van der Waals surface area contributed by atoms with Gasteiger partial charge in [-0.3, -0.25) is 0 Å². The summed E-state index contributed by atoms with van der Waals surface area (Å²) in [4.78, 5) is 0. The molecule has 0 aliphatic heterocycles. The zero-order valence-electron chi connectivity index (χ0n) is 10.3. The zero-order chi connectivity index (χ0) is 13.7. The molecule has 0 spiro atoms. The standard InChI is InChI=1S/C14H14BFO2S/c16-13-7-6-12(14(8-13)15(17)18)10-19-9-11-4-2-1-3-5-11/h1-8,17-18H,9-10H2.